The van der Waals surface area contributed by atoms with E-state index in [2.05, 4.69) is 0 Å². The van der Waals surface area contributed by atoms with Crippen LogP contribution >= 0.6 is 0 Å². The third-order valence-electron chi connectivity index (χ3n) is 5.48. The van der Waals surface area contributed by atoms with E-state index in [4.69, 9.17) is 9.47 Å². The van der Waals surface area contributed by atoms with Crippen LogP contribution in [0.1, 0.15) is 33.1 Å². The van der Waals surface area contributed by atoms with Crippen molar-refractivity contribution < 1.29 is 27.4 Å². The van der Waals surface area contributed by atoms with Crippen molar-refractivity contribution >= 4 is 5.91 Å². The van der Waals surface area contributed by atoms with Crippen LogP contribution < -0.4 is 9.47 Å². The maximum atomic E-state index is 14.4. The number of carbonyl (C=O) groups is 1. The van der Waals surface area contributed by atoms with Crippen LogP contribution in [0.3, 0.4) is 0 Å². The van der Waals surface area contributed by atoms with Crippen molar-refractivity contribution in [3.63, 3.8) is 0 Å². The minimum absolute atomic E-state index is 0.263. The Balaban J connectivity index is 1.87. The van der Waals surface area contributed by atoms with Crippen LogP contribution in [0.5, 0.6) is 11.5 Å². The van der Waals surface area contributed by atoms with Gasteiger partial charge in [0.2, 0.25) is 0 Å². The Labute approximate surface area is 177 Å². The number of hydrogen-bond acceptors (Lipinski definition) is 3. The van der Waals surface area contributed by atoms with E-state index >= 15 is 0 Å². The Kier molecular flexibility index (Phi) is 5.59. The van der Waals surface area contributed by atoms with E-state index in [0.29, 0.717) is 23.5 Å². The number of hydrogen-bond donors (Lipinski definition) is 0. The number of rotatable bonds is 4. The lowest BCUT2D eigenvalue weighted by molar-refractivity contribution is 0.0688. The van der Waals surface area contributed by atoms with Gasteiger partial charge in [-0.2, -0.15) is 0 Å². The SMILES string of the molecule is COc1cc2c(cc1OC)[C@H](c1ccc(F)cc1)N(C(=O)c1cc(F)ccc1F)CC2. The molecule has 7 heteroatoms. The second-order valence-corrected chi connectivity index (χ2v) is 7.23. The number of halogens is 3. The Morgan fingerprint density at radius 1 is 0.903 bits per heavy atom. The molecule has 4 rings (SSSR count). The summed E-state index contributed by atoms with van der Waals surface area (Å²) in [5.41, 5.74) is 1.96. The third kappa shape index (κ3) is 3.83. The molecule has 1 aliphatic heterocycles. The van der Waals surface area contributed by atoms with Gasteiger partial charge in [0.05, 0.1) is 25.8 Å². The Bertz CT molecular complexity index is 1130. The highest BCUT2D eigenvalue weighted by molar-refractivity contribution is 5.95. The maximum Gasteiger partial charge on any atom is 0.257 e. The average molecular weight is 427 g/mol. The largest absolute Gasteiger partial charge is 0.493 e. The van der Waals surface area contributed by atoms with Gasteiger partial charge in [0.25, 0.3) is 5.91 Å². The summed E-state index contributed by atoms with van der Waals surface area (Å²) in [6, 6.07) is 11.5. The molecule has 3 aromatic carbocycles. The molecule has 0 unspecified atom stereocenters. The molecule has 0 N–H and O–H groups in total. The van der Waals surface area contributed by atoms with Crippen molar-refractivity contribution in [3.05, 3.63) is 94.3 Å². The predicted molar refractivity (Wildman–Crippen MR) is 109 cm³/mol. The fraction of sp³-hybridized carbons (Fsp3) is 0.208. The number of carbonyl (C=O) groups excluding carboxylic acids is 1. The molecule has 0 fully saturated rings. The van der Waals surface area contributed by atoms with Crippen LogP contribution in [0.4, 0.5) is 13.2 Å². The van der Waals surface area contributed by atoms with Gasteiger partial charge in [-0.3, -0.25) is 4.79 Å². The Morgan fingerprint density at radius 3 is 2.23 bits per heavy atom. The van der Waals surface area contributed by atoms with Gasteiger partial charge in [-0.25, -0.2) is 13.2 Å². The number of methoxy groups -OCH3 is 2. The minimum Gasteiger partial charge on any atom is -0.493 e. The van der Waals surface area contributed by atoms with E-state index in [-0.39, 0.29) is 12.1 Å². The molecule has 0 spiro atoms. The summed E-state index contributed by atoms with van der Waals surface area (Å²) in [7, 11) is 3.04. The van der Waals surface area contributed by atoms with E-state index in [9.17, 15) is 18.0 Å². The van der Waals surface area contributed by atoms with Crippen LogP contribution in [0.25, 0.3) is 0 Å². The summed E-state index contributed by atoms with van der Waals surface area (Å²) in [5, 5.41) is 0. The Hall–Kier alpha value is -3.48. The third-order valence-corrected chi connectivity index (χ3v) is 5.48. The molecule has 1 heterocycles. The second-order valence-electron chi connectivity index (χ2n) is 7.23. The fourth-order valence-corrected chi connectivity index (χ4v) is 3.99. The highest BCUT2D eigenvalue weighted by atomic mass is 19.1. The Morgan fingerprint density at radius 2 is 1.55 bits per heavy atom. The van der Waals surface area contributed by atoms with E-state index in [1.54, 1.807) is 18.2 Å². The van der Waals surface area contributed by atoms with Crippen LogP contribution in [0.2, 0.25) is 0 Å². The number of ether oxygens (including phenoxy) is 2. The summed E-state index contributed by atoms with van der Waals surface area (Å²) in [4.78, 5) is 14.8. The van der Waals surface area contributed by atoms with E-state index in [1.807, 2.05) is 6.07 Å². The summed E-state index contributed by atoms with van der Waals surface area (Å²) in [6.07, 6.45) is 0.482. The van der Waals surface area contributed by atoms with Crippen molar-refractivity contribution in [2.24, 2.45) is 0 Å². The van der Waals surface area contributed by atoms with Gasteiger partial charge < -0.3 is 14.4 Å². The van der Waals surface area contributed by atoms with Crippen LogP contribution in [0, 0.1) is 17.5 Å². The zero-order chi connectivity index (χ0) is 22.1. The molecule has 31 heavy (non-hydrogen) atoms. The van der Waals surface area contributed by atoms with Crippen LogP contribution in [-0.2, 0) is 6.42 Å². The summed E-state index contributed by atoms with van der Waals surface area (Å²) in [5.74, 6) is -1.54. The molecule has 4 nitrogen and oxygen atoms in total. The van der Waals surface area contributed by atoms with Gasteiger partial charge in [-0.05, 0) is 65.6 Å². The monoisotopic (exact) mass is 427 g/mol. The summed E-state index contributed by atoms with van der Waals surface area (Å²) < 4.78 is 52.5. The molecule has 0 aromatic heterocycles. The summed E-state index contributed by atoms with van der Waals surface area (Å²) >= 11 is 0. The topological polar surface area (TPSA) is 38.8 Å². The van der Waals surface area contributed by atoms with Crippen LogP contribution in [0.15, 0.2) is 54.6 Å². The van der Waals surface area contributed by atoms with Gasteiger partial charge in [-0.1, -0.05) is 12.1 Å². The molecule has 0 saturated carbocycles. The maximum absolute atomic E-state index is 14.4. The number of benzene rings is 3. The van der Waals surface area contributed by atoms with Crippen LogP contribution in [-0.4, -0.2) is 31.6 Å². The lowest BCUT2D eigenvalue weighted by Crippen LogP contribution is -2.41. The molecular weight excluding hydrogens is 407 g/mol. The van der Waals surface area contributed by atoms with Gasteiger partial charge in [0.15, 0.2) is 11.5 Å². The first-order valence-electron chi connectivity index (χ1n) is 9.69. The second kappa shape index (κ2) is 8.34. The molecule has 3 aromatic rings. The first-order chi connectivity index (χ1) is 14.9. The predicted octanol–water partition coefficient (Wildman–Crippen LogP) is 4.91. The number of amides is 1. The quantitative estimate of drug-likeness (QED) is 0.594. The van der Waals surface area contributed by atoms with Crippen molar-refractivity contribution in [1.29, 1.82) is 0 Å². The van der Waals surface area contributed by atoms with E-state index < -0.39 is 29.4 Å². The highest BCUT2D eigenvalue weighted by Gasteiger charge is 2.35. The van der Waals surface area contributed by atoms with Gasteiger partial charge in [0, 0.05) is 6.54 Å². The van der Waals surface area contributed by atoms with Crippen molar-refractivity contribution in [2.75, 3.05) is 20.8 Å². The lowest BCUT2D eigenvalue weighted by Gasteiger charge is -2.38. The number of fused-ring (bicyclic) bond motifs is 1. The molecule has 1 atom stereocenters. The first-order valence-corrected chi connectivity index (χ1v) is 9.69. The van der Waals surface area contributed by atoms with Gasteiger partial charge >= 0.3 is 0 Å². The molecule has 0 saturated heterocycles. The van der Waals surface area contributed by atoms with E-state index in [0.717, 1.165) is 29.3 Å². The van der Waals surface area contributed by atoms with E-state index in [1.165, 1.54) is 31.3 Å². The smallest absolute Gasteiger partial charge is 0.257 e. The molecule has 1 aliphatic rings. The van der Waals surface area contributed by atoms with Crippen molar-refractivity contribution in [2.45, 2.75) is 12.5 Å². The number of nitrogens with zero attached hydrogens (tertiary/aromatic N) is 1. The average Bonchev–Trinajstić information content (AvgIpc) is 2.79. The molecule has 1 amide bonds. The van der Waals surface area contributed by atoms with Crippen molar-refractivity contribution in [3.8, 4) is 11.5 Å². The van der Waals surface area contributed by atoms with Gasteiger partial charge in [-0.15, -0.1) is 0 Å². The molecule has 0 aliphatic carbocycles. The molecule has 160 valence electrons. The first kappa shape index (κ1) is 20.8. The summed E-state index contributed by atoms with van der Waals surface area (Å²) in [6.45, 7) is 0.263. The minimum atomic E-state index is -0.803. The van der Waals surface area contributed by atoms with Crippen molar-refractivity contribution in [1.82, 2.24) is 4.90 Å². The molecule has 0 bridgehead atoms. The van der Waals surface area contributed by atoms with Gasteiger partial charge in [0.1, 0.15) is 17.5 Å². The zero-order valence-corrected chi connectivity index (χ0v) is 17.0. The zero-order valence-electron chi connectivity index (χ0n) is 17.0. The fourth-order valence-electron chi connectivity index (χ4n) is 3.99. The highest BCUT2D eigenvalue weighted by Crippen LogP contribution is 2.41. The lowest BCUT2D eigenvalue weighted by atomic mass is 9.87. The molecule has 0 radical (unpaired) electrons. The standard InChI is InChI=1S/C24H20F3NO3/c1-30-21-11-15-9-10-28(24(29)19-12-17(26)7-8-20(19)27)23(18(15)13-22(21)31-2)14-3-5-16(25)6-4-14/h3-8,11-13,23H,9-10H2,1-2H3/t23-/m0/s1. The molecular formula is C24H20F3NO3. The normalized spacial score (nSPS) is 15.4.